The lowest BCUT2D eigenvalue weighted by Gasteiger charge is -2.03. The van der Waals surface area contributed by atoms with Crippen LogP contribution in [-0.2, 0) is 14.9 Å². The van der Waals surface area contributed by atoms with Gasteiger partial charge in [-0.1, -0.05) is 12.1 Å². The van der Waals surface area contributed by atoms with E-state index >= 15 is 0 Å². The number of carbonyl (C=O) groups excluding carboxylic acids is 1. The predicted molar refractivity (Wildman–Crippen MR) is 62.2 cm³/mol. The Balaban J connectivity index is 0.000000494. The number of para-hydroxylation sites is 1. The van der Waals surface area contributed by atoms with Gasteiger partial charge in [-0.25, -0.2) is 4.79 Å². The van der Waals surface area contributed by atoms with Gasteiger partial charge in [-0.3, -0.25) is 9.35 Å². The number of ether oxygens (including phenoxy) is 1. The van der Waals surface area contributed by atoms with Crippen LogP contribution >= 0.6 is 0 Å². The van der Waals surface area contributed by atoms with Gasteiger partial charge in [-0.15, -0.1) is 0 Å². The molecule has 18 heavy (non-hydrogen) atoms. The molecule has 0 spiro atoms. The third-order valence-corrected chi connectivity index (χ3v) is 1.37. The SMILES string of the molecule is CC(=O)Oc1ccccc1C(=O)O.CS(=O)(=O)O. The summed E-state index contributed by atoms with van der Waals surface area (Å²) in [5, 5.41) is 8.69. The molecule has 0 unspecified atom stereocenters. The molecule has 2 N–H and O–H groups in total. The second kappa shape index (κ2) is 6.72. The van der Waals surface area contributed by atoms with Gasteiger partial charge >= 0.3 is 11.9 Å². The van der Waals surface area contributed by atoms with E-state index in [0.717, 1.165) is 0 Å². The molecule has 0 saturated carbocycles. The molecule has 0 aliphatic rings. The van der Waals surface area contributed by atoms with Gasteiger partial charge in [0.1, 0.15) is 11.3 Å². The van der Waals surface area contributed by atoms with Crippen LogP contribution in [0.3, 0.4) is 0 Å². The fourth-order valence-electron chi connectivity index (χ4n) is 0.887. The molecule has 0 atom stereocenters. The Kier molecular flexibility index (Phi) is 6.00. The molecule has 0 bridgehead atoms. The van der Waals surface area contributed by atoms with Crippen LogP contribution in [0.15, 0.2) is 24.3 Å². The Morgan fingerprint density at radius 1 is 1.22 bits per heavy atom. The van der Waals surface area contributed by atoms with Crippen molar-refractivity contribution in [3.63, 3.8) is 0 Å². The lowest BCUT2D eigenvalue weighted by atomic mass is 10.2. The Morgan fingerprint density at radius 2 is 1.67 bits per heavy atom. The molecule has 0 aliphatic carbocycles. The molecule has 1 rings (SSSR count). The van der Waals surface area contributed by atoms with Gasteiger partial charge in [0.05, 0.1) is 6.26 Å². The quantitative estimate of drug-likeness (QED) is 0.466. The monoisotopic (exact) mass is 276 g/mol. The molecule has 1 aromatic carbocycles. The summed E-state index contributed by atoms with van der Waals surface area (Å²) in [4.78, 5) is 21.2. The topological polar surface area (TPSA) is 118 Å². The van der Waals surface area contributed by atoms with Gasteiger partial charge in [-0.2, -0.15) is 8.42 Å². The molecular formula is C10H12O7S. The van der Waals surface area contributed by atoms with Crippen molar-refractivity contribution < 1.29 is 32.4 Å². The molecule has 0 heterocycles. The lowest BCUT2D eigenvalue weighted by Crippen LogP contribution is -2.06. The first-order valence-electron chi connectivity index (χ1n) is 4.54. The Hall–Kier alpha value is -1.93. The molecule has 100 valence electrons. The first-order chi connectivity index (χ1) is 8.11. The summed E-state index contributed by atoms with van der Waals surface area (Å²) in [6, 6.07) is 5.98. The zero-order valence-corrected chi connectivity index (χ0v) is 10.5. The van der Waals surface area contributed by atoms with Crippen molar-refractivity contribution in [1.29, 1.82) is 0 Å². The Bertz CT molecular complexity index is 525. The van der Waals surface area contributed by atoms with Crippen LogP contribution in [0.25, 0.3) is 0 Å². The highest BCUT2D eigenvalue weighted by Crippen LogP contribution is 2.17. The number of carbonyl (C=O) groups is 2. The van der Waals surface area contributed by atoms with Crippen molar-refractivity contribution in [3.8, 4) is 5.75 Å². The predicted octanol–water partition coefficient (Wildman–Crippen LogP) is 0.814. The van der Waals surface area contributed by atoms with Crippen LogP contribution in [-0.4, -0.2) is 36.3 Å². The van der Waals surface area contributed by atoms with Crippen LogP contribution in [0.2, 0.25) is 0 Å². The number of rotatable bonds is 2. The van der Waals surface area contributed by atoms with E-state index in [-0.39, 0.29) is 11.3 Å². The average Bonchev–Trinajstić information content (AvgIpc) is 2.14. The third-order valence-electron chi connectivity index (χ3n) is 1.37. The summed E-state index contributed by atoms with van der Waals surface area (Å²) < 4.78 is 30.6. The highest BCUT2D eigenvalue weighted by atomic mass is 32.2. The first kappa shape index (κ1) is 16.1. The second-order valence-electron chi connectivity index (χ2n) is 3.13. The Morgan fingerprint density at radius 3 is 2.06 bits per heavy atom. The molecule has 0 fully saturated rings. The molecule has 0 aromatic heterocycles. The summed E-state index contributed by atoms with van der Waals surface area (Å²) in [7, 11) is -3.67. The minimum atomic E-state index is -3.67. The zero-order chi connectivity index (χ0) is 14.3. The van der Waals surface area contributed by atoms with E-state index in [2.05, 4.69) is 4.74 Å². The minimum Gasteiger partial charge on any atom is -0.478 e. The van der Waals surface area contributed by atoms with Crippen LogP contribution < -0.4 is 4.74 Å². The van der Waals surface area contributed by atoms with E-state index in [4.69, 9.17) is 9.66 Å². The van der Waals surface area contributed by atoms with Crippen molar-refractivity contribution in [3.05, 3.63) is 29.8 Å². The van der Waals surface area contributed by atoms with Crippen LogP contribution in [0.4, 0.5) is 0 Å². The van der Waals surface area contributed by atoms with Gasteiger partial charge in [0, 0.05) is 6.92 Å². The first-order valence-corrected chi connectivity index (χ1v) is 6.39. The van der Waals surface area contributed by atoms with Gasteiger partial charge in [0.25, 0.3) is 10.1 Å². The molecular weight excluding hydrogens is 264 g/mol. The van der Waals surface area contributed by atoms with Crippen LogP contribution in [0, 0.1) is 0 Å². The Labute approximate surface area is 104 Å². The number of carboxylic acid groups (broad SMARTS) is 1. The van der Waals surface area contributed by atoms with E-state index < -0.39 is 22.1 Å². The van der Waals surface area contributed by atoms with Gasteiger partial charge in [-0.05, 0) is 12.1 Å². The van der Waals surface area contributed by atoms with Crippen molar-refractivity contribution in [1.82, 2.24) is 0 Å². The molecule has 0 aliphatic heterocycles. The van der Waals surface area contributed by atoms with E-state index in [1.165, 1.54) is 19.1 Å². The number of esters is 1. The average molecular weight is 276 g/mol. The van der Waals surface area contributed by atoms with Gasteiger partial charge in [0.2, 0.25) is 0 Å². The van der Waals surface area contributed by atoms with Gasteiger partial charge < -0.3 is 9.84 Å². The number of carboxylic acids is 1. The molecule has 0 saturated heterocycles. The van der Waals surface area contributed by atoms with Crippen molar-refractivity contribution in [2.75, 3.05) is 6.26 Å². The summed E-state index contributed by atoms with van der Waals surface area (Å²) in [5.74, 6) is -1.58. The maximum Gasteiger partial charge on any atom is 0.339 e. The number of benzene rings is 1. The smallest absolute Gasteiger partial charge is 0.339 e. The molecule has 0 amide bonds. The molecule has 0 radical (unpaired) electrons. The fraction of sp³-hybridized carbons (Fsp3) is 0.200. The van der Waals surface area contributed by atoms with Crippen molar-refractivity contribution in [2.24, 2.45) is 0 Å². The molecule has 8 heteroatoms. The number of aromatic carboxylic acids is 1. The minimum absolute atomic E-state index is 0.0160. The van der Waals surface area contributed by atoms with Crippen molar-refractivity contribution in [2.45, 2.75) is 6.92 Å². The third kappa shape index (κ3) is 8.25. The van der Waals surface area contributed by atoms with E-state index in [1.54, 1.807) is 12.1 Å². The largest absolute Gasteiger partial charge is 0.478 e. The summed E-state index contributed by atoms with van der Waals surface area (Å²) >= 11 is 0. The standard InChI is InChI=1S/C9H8O4.CH4O3S/c1-6(10)13-8-5-3-2-4-7(8)9(11)12;1-5(2,3)4/h2-5H,1H3,(H,11,12);1H3,(H,2,3,4). The van der Waals surface area contributed by atoms with E-state index in [1.807, 2.05) is 0 Å². The summed E-state index contributed by atoms with van der Waals surface area (Å²) in [6.07, 6.45) is 0.715. The summed E-state index contributed by atoms with van der Waals surface area (Å²) in [6.45, 7) is 1.22. The van der Waals surface area contributed by atoms with Crippen molar-refractivity contribution >= 4 is 22.1 Å². The van der Waals surface area contributed by atoms with E-state index in [0.29, 0.717) is 6.26 Å². The number of hydrogen-bond acceptors (Lipinski definition) is 5. The highest BCUT2D eigenvalue weighted by molar-refractivity contribution is 7.85. The summed E-state index contributed by atoms with van der Waals surface area (Å²) in [5.41, 5.74) is -0.0160. The molecule has 1 aromatic rings. The van der Waals surface area contributed by atoms with Crippen LogP contribution in [0.5, 0.6) is 5.75 Å². The number of hydrogen-bond donors (Lipinski definition) is 2. The van der Waals surface area contributed by atoms with E-state index in [9.17, 15) is 18.0 Å². The zero-order valence-electron chi connectivity index (χ0n) is 9.65. The maximum absolute atomic E-state index is 10.6. The highest BCUT2D eigenvalue weighted by Gasteiger charge is 2.10. The molecule has 7 nitrogen and oxygen atoms in total. The lowest BCUT2D eigenvalue weighted by molar-refractivity contribution is -0.131. The fourth-order valence-corrected chi connectivity index (χ4v) is 0.887. The maximum atomic E-state index is 10.6. The second-order valence-corrected chi connectivity index (χ2v) is 4.59. The van der Waals surface area contributed by atoms with Crippen LogP contribution in [0.1, 0.15) is 17.3 Å². The normalized spacial score (nSPS) is 9.94. The van der Waals surface area contributed by atoms with Gasteiger partial charge in [0.15, 0.2) is 0 Å².